The first-order valence-electron chi connectivity index (χ1n) is 6.78. The van der Waals surface area contributed by atoms with Crippen molar-refractivity contribution in [1.29, 1.82) is 0 Å². The van der Waals surface area contributed by atoms with Crippen molar-refractivity contribution in [3.05, 3.63) is 53.3 Å². The van der Waals surface area contributed by atoms with Gasteiger partial charge in [-0.15, -0.1) is 0 Å². The summed E-state index contributed by atoms with van der Waals surface area (Å²) in [5.41, 5.74) is 1.84. The van der Waals surface area contributed by atoms with E-state index in [0.29, 0.717) is 22.6 Å². The number of hydrogen-bond donors (Lipinski definition) is 1. The predicted molar refractivity (Wildman–Crippen MR) is 76.8 cm³/mol. The van der Waals surface area contributed by atoms with Crippen molar-refractivity contribution in [2.45, 2.75) is 12.7 Å². The van der Waals surface area contributed by atoms with Crippen molar-refractivity contribution in [3.63, 3.8) is 0 Å². The fraction of sp³-hybridized carbons (Fsp3) is 0.250. The van der Waals surface area contributed by atoms with Gasteiger partial charge in [0, 0.05) is 18.0 Å². The van der Waals surface area contributed by atoms with Crippen LogP contribution in [0, 0.1) is 0 Å². The molecule has 0 bridgehead atoms. The van der Waals surface area contributed by atoms with Crippen molar-refractivity contribution in [3.8, 4) is 11.5 Å². The molecule has 1 aliphatic heterocycles. The maximum Gasteiger partial charge on any atom is 0.341 e. The number of methoxy groups -OCH3 is 1. The number of pyridine rings is 1. The van der Waals surface area contributed by atoms with E-state index in [-0.39, 0.29) is 19.3 Å². The molecule has 0 saturated heterocycles. The Morgan fingerprint density at radius 3 is 3.09 bits per heavy atom. The van der Waals surface area contributed by atoms with E-state index in [4.69, 9.17) is 14.2 Å². The quantitative estimate of drug-likeness (QED) is 0.872. The molecule has 6 nitrogen and oxygen atoms in total. The molecule has 0 spiro atoms. The van der Waals surface area contributed by atoms with Gasteiger partial charge >= 0.3 is 5.97 Å². The van der Waals surface area contributed by atoms with Crippen molar-refractivity contribution in [1.82, 2.24) is 4.98 Å². The van der Waals surface area contributed by atoms with Gasteiger partial charge in [0.2, 0.25) is 0 Å². The second kappa shape index (κ2) is 6.03. The van der Waals surface area contributed by atoms with E-state index in [1.807, 2.05) is 6.07 Å². The van der Waals surface area contributed by atoms with Crippen molar-refractivity contribution >= 4 is 5.97 Å². The van der Waals surface area contributed by atoms with Gasteiger partial charge in [0.15, 0.2) is 17.6 Å². The lowest BCUT2D eigenvalue weighted by molar-refractivity contribution is 0.0571. The molecular formula is C16H15NO5. The number of aliphatic hydroxyl groups is 1. The Bertz CT molecular complexity index is 701. The first-order chi connectivity index (χ1) is 10.7. The van der Waals surface area contributed by atoms with Crippen LogP contribution in [-0.2, 0) is 11.3 Å². The lowest BCUT2D eigenvalue weighted by atomic mass is 10.1. The van der Waals surface area contributed by atoms with Crippen molar-refractivity contribution in [2.75, 3.05) is 13.7 Å². The Balaban J connectivity index is 1.89. The molecule has 1 atom stereocenters. The zero-order valence-electron chi connectivity index (χ0n) is 12.0. The first kappa shape index (κ1) is 14.3. The number of benzene rings is 1. The van der Waals surface area contributed by atoms with Crippen LogP contribution in [0.4, 0.5) is 0 Å². The highest BCUT2D eigenvalue weighted by atomic mass is 16.6. The molecule has 1 unspecified atom stereocenters. The second-order valence-corrected chi connectivity index (χ2v) is 4.83. The van der Waals surface area contributed by atoms with Gasteiger partial charge < -0.3 is 19.3 Å². The summed E-state index contributed by atoms with van der Waals surface area (Å²) in [6, 6.07) is 6.88. The van der Waals surface area contributed by atoms with Gasteiger partial charge in [-0.3, -0.25) is 4.98 Å². The van der Waals surface area contributed by atoms with Gasteiger partial charge in [0.1, 0.15) is 12.2 Å². The summed E-state index contributed by atoms with van der Waals surface area (Å²) < 4.78 is 16.3. The number of esters is 1. The van der Waals surface area contributed by atoms with Gasteiger partial charge in [-0.25, -0.2) is 4.79 Å². The van der Waals surface area contributed by atoms with E-state index in [1.54, 1.807) is 30.6 Å². The highest BCUT2D eigenvalue weighted by Crippen LogP contribution is 2.39. The molecule has 114 valence electrons. The number of carbonyl (C=O) groups excluding carboxylic acids is 1. The molecule has 22 heavy (non-hydrogen) atoms. The van der Waals surface area contributed by atoms with Crippen molar-refractivity contribution in [2.24, 2.45) is 0 Å². The van der Waals surface area contributed by atoms with E-state index in [2.05, 4.69) is 4.98 Å². The maximum atomic E-state index is 11.7. The molecule has 0 radical (unpaired) electrons. The third kappa shape index (κ3) is 2.60. The SMILES string of the molecule is COC(=O)c1cccc2c1OCC(c1cncc(CO)c1)O2. The average molecular weight is 301 g/mol. The van der Waals surface area contributed by atoms with E-state index in [9.17, 15) is 9.90 Å². The maximum absolute atomic E-state index is 11.7. The average Bonchev–Trinajstić information content (AvgIpc) is 2.60. The smallest absolute Gasteiger partial charge is 0.341 e. The summed E-state index contributed by atoms with van der Waals surface area (Å²) >= 11 is 0. The number of ether oxygens (including phenoxy) is 3. The van der Waals surface area contributed by atoms with E-state index in [1.165, 1.54) is 7.11 Å². The highest BCUT2D eigenvalue weighted by Gasteiger charge is 2.27. The number of nitrogens with zero attached hydrogens (tertiary/aromatic N) is 1. The van der Waals surface area contributed by atoms with Crippen LogP contribution in [0.5, 0.6) is 11.5 Å². The van der Waals surface area contributed by atoms with Gasteiger partial charge in [-0.1, -0.05) is 6.07 Å². The van der Waals surface area contributed by atoms with Crippen molar-refractivity contribution < 1.29 is 24.1 Å². The topological polar surface area (TPSA) is 77.9 Å². The lowest BCUT2D eigenvalue weighted by Crippen LogP contribution is -2.23. The summed E-state index contributed by atoms with van der Waals surface area (Å²) in [5.74, 6) is 0.397. The Labute approximate surface area is 127 Å². The fourth-order valence-corrected chi connectivity index (χ4v) is 2.31. The predicted octanol–water partition coefficient (Wildman–Crippen LogP) is 1.87. The van der Waals surface area contributed by atoms with Gasteiger partial charge in [0.05, 0.1) is 13.7 Å². The van der Waals surface area contributed by atoms with Crippen LogP contribution >= 0.6 is 0 Å². The number of rotatable bonds is 3. The minimum absolute atomic E-state index is 0.0858. The zero-order chi connectivity index (χ0) is 15.5. The number of aromatic nitrogens is 1. The molecule has 1 aliphatic rings. The van der Waals surface area contributed by atoms with Crippen LogP contribution in [-0.4, -0.2) is 29.8 Å². The molecule has 6 heteroatoms. The van der Waals surface area contributed by atoms with Crippen LogP contribution in [0.3, 0.4) is 0 Å². The molecule has 0 amide bonds. The summed E-state index contributed by atoms with van der Waals surface area (Å²) in [6.07, 6.45) is 2.91. The van der Waals surface area contributed by atoms with Crippen LogP contribution in [0.25, 0.3) is 0 Å². The molecule has 2 aromatic rings. The molecule has 1 aromatic heterocycles. The molecule has 3 rings (SSSR count). The largest absolute Gasteiger partial charge is 0.485 e. The van der Waals surface area contributed by atoms with Crippen LogP contribution in [0.1, 0.15) is 27.6 Å². The highest BCUT2D eigenvalue weighted by molar-refractivity contribution is 5.93. The summed E-state index contributed by atoms with van der Waals surface area (Å²) in [7, 11) is 1.32. The van der Waals surface area contributed by atoms with Crippen LogP contribution in [0.15, 0.2) is 36.7 Å². The number of para-hydroxylation sites is 1. The molecule has 0 fully saturated rings. The summed E-state index contributed by atoms with van der Waals surface area (Å²) in [6.45, 7) is 0.162. The minimum atomic E-state index is -0.470. The molecular weight excluding hydrogens is 286 g/mol. The van der Waals surface area contributed by atoms with Gasteiger partial charge in [0.25, 0.3) is 0 Å². The van der Waals surface area contributed by atoms with E-state index >= 15 is 0 Å². The third-order valence-electron chi connectivity index (χ3n) is 3.40. The fourth-order valence-electron chi connectivity index (χ4n) is 2.31. The van der Waals surface area contributed by atoms with Gasteiger partial charge in [-0.05, 0) is 23.8 Å². The zero-order valence-corrected chi connectivity index (χ0v) is 12.0. The molecule has 1 N–H and O–H groups in total. The Morgan fingerprint density at radius 1 is 1.45 bits per heavy atom. The van der Waals surface area contributed by atoms with E-state index < -0.39 is 5.97 Å². The number of fused-ring (bicyclic) bond motifs is 1. The number of carbonyl (C=O) groups is 1. The number of hydrogen-bond acceptors (Lipinski definition) is 6. The molecule has 2 heterocycles. The first-order valence-corrected chi connectivity index (χ1v) is 6.78. The van der Waals surface area contributed by atoms with Crippen LogP contribution < -0.4 is 9.47 Å². The number of aliphatic hydroxyl groups excluding tert-OH is 1. The standard InChI is InChI=1S/C16H15NO5/c1-20-16(19)12-3-2-4-13-15(12)21-9-14(22-13)11-5-10(8-18)6-17-7-11/h2-7,14,18H,8-9H2,1H3. The Hall–Kier alpha value is -2.60. The molecule has 1 aromatic carbocycles. The van der Waals surface area contributed by atoms with Crippen LogP contribution in [0.2, 0.25) is 0 Å². The van der Waals surface area contributed by atoms with Gasteiger partial charge in [-0.2, -0.15) is 0 Å². The summed E-state index contributed by atoms with van der Waals surface area (Å²) in [5, 5.41) is 9.18. The normalized spacial score (nSPS) is 16.2. The second-order valence-electron chi connectivity index (χ2n) is 4.83. The van der Waals surface area contributed by atoms with E-state index in [0.717, 1.165) is 5.56 Å². The molecule has 0 aliphatic carbocycles. The Kier molecular flexibility index (Phi) is 3.93. The molecule has 0 saturated carbocycles. The Morgan fingerprint density at radius 2 is 2.32 bits per heavy atom. The minimum Gasteiger partial charge on any atom is -0.485 e. The lowest BCUT2D eigenvalue weighted by Gasteiger charge is -2.27. The summed E-state index contributed by atoms with van der Waals surface area (Å²) in [4.78, 5) is 15.8. The third-order valence-corrected chi connectivity index (χ3v) is 3.40. The monoisotopic (exact) mass is 301 g/mol.